The van der Waals surface area contributed by atoms with Crippen molar-refractivity contribution < 1.29 is 9.53 Å². The lowest BCUT2D eigenvalue weighted by Crippen LogP contribution is -2.11. The highest BCUT2D eigenvalue weighted by molar-refractivity contribution is 6.04. The quantitative estimate of drug-likeness (QED) is 0.820. The van der Waals surface area contributed by atoms with E-state index in [0.29, 0.717) is 12.2 Å². The van der Waals surface area contributed by atoms with Gasteiger partial charge in [-0.1, -0.05) is 23.8 Å². The summed E-state index contributed by atoms with van der Waals surface area (Å²) in [5.41, 5.74) is 2.58. The molecule has 3 nitrogen and oxygen atoms in total. The van der Waals surface area contributed by atoms with Crippen LogP contribution >= 0.6 is 0 Å². The van der Waals surface area contributed by atoms with Gasteiger partial charge in [-0.05, 0) is 57.2 Å². The van der Waals surface area contributed by atoms with Gasteiger partial charge in [0.05, 0.1) is 6.61 Å². The molecule has 0 atom stereocenters. The first-order chi connectivity index (χ1) is 10.6. The molecule has 0 saturated carbocycles. The SMILES string of the molecule is C=CC.CCOc1ccc(C(=O)Nc2ccc(C)cc2)cc1. The Balaban J connectivity index is 0.000000745. The summed E-state index contributed by atoms with van der Waals surface area (Å²) in [5.74, 6) is 0.654. The zero-order valence-electron chi connectivity index (χ0n) is 13.4. The van der Waals surface area contributed by atoms with Crippen molar-refractivity contribution in [3.8, 4) is 5.75 Å². The minimum atomic E-state index is -0.119. The van der Waals surface area contributed by atoms with Crippen LogP contribution in [-0.2, 0) is 0 Å². The third-order valence-electron chi connectivity index (χ3n) is 2.74. The Morgan fingerprint density at radius 1 is 1.14 bits per heavy atom. The molecule has 2 aromatic rings. The van der Waals surface area contributed by atoms with Crippen molar-refractivity contribution in [2.24, 2.45) is 0 Å². The molecule has 0 aliphatic heterocycles. The smallest absolute Gasteiger partial charge is 0.255 e. The fourth-order valence-corrected chi connectivity index (χ4v) is 1.71. The van der Waals surface area contributed by atoms with Gasteiger partial charge in [0.2, 0.25) is 0 Å². The van der Waals surface area contributed by atoms with Crippen molar-refractivity contribution in [2.75, 3.05) is 11.9 Å². The first kappa shape index (κ1) is 17.5. The molecular formula is C19H23NO2. The Labute approximate surface area is 132 Å². The summed E-state index contributed by atoms with van der Waals surface area (Å²) in [5, 5.41) is 2.86. The average molecular weight is 297 g/mol. The van der Waals surface area contributed by atoms with Gasteiger partial charge < -0.3 is 10.1 Å². The van der Waals surface area contributed by atoms with Crippen LogP contribution in [0.5, 0.6) is 5.75 Å². The van der Waals surface area contributed by atoms with Crippen LogP contribution in [0.1, 0.15) is 29.8 Å². The molecule has 22 heavy (non-hydrogen) atoms. The first-order valence-corrected chi connectivity index (χ1v) is 7.28. The molecule has 3 heteroatoms. The van der Waals surface area contributed by atoms with Gasteiger partial charge in [0.1, 0.15) is 5.75 Å². The van der Waals surface area contributed by atoms with Crippen molar-refractivity contribution in [1.29, 1.82) is 0 Å². The lowest BCUT2D eigenvalue weighted by molar-refractivity contribution is 0.102. The Kier molecular flexibility index (Phi) is 7.48. The van der Waals surface area contributed by atoms with E-state index in [0.717, 1.165) is 11.4 Å². The van der Waals surface area contributed by atoms with Crippen molar-refractivity contribution in [1.82, 2.24) is 0 Å². The Bertz CT molecular complexity index is 586. The number of carbonyl (C=O) groups excluding carboxylic acids is 1. The third-order valence-corrected chi connectivity index (χ3v) is 2.74. The summed E-state index contributed by atoms with van der Waals surface area (Å²) in [6.45, 7) is 9.81. The highest BCUT2D eigenvalue weighted by Crippen LogP contribution is 2.14. The van der Waals surface area contributed by atoms with Gasteiger partial charge in [-0.15, -0.1) is 6.58 Å². The summed E-state index contributed by atoms with van der Waals surface area (Å²) < 4.78 is 5.34. The maximum absolute atomic E-state index is 12.0. The number of allylic oxidation sites excluding steroid dienone is 1. The van der Waals surface area contributed by atoms with Gasteiger partial charge in [-0.2, -0.15) is 0 Å². The summed E-state index contributed by atoms with van der Waals surface area (Å²) in [6.07, 6.45) is 1.75. The van der Waals surface area contributed by atoms with Gasteiger partial charge in [0.25, 0.3) is 5.91 Å². The van der Waals surface area contributed by atoms with Crippen LogP contribution < -0.4 is 10.1 Å². The number of aryl methyl sites for hydroxylation is 1. The van der Waals surface area contributed by atoms with Crippen molar-refractivity contribution in [3.05, 3.63) is 72.3 Å². The molecule has 0 spiro atoms. The van der Waals surface area contributed by atoms with E-state index in [2.05, 4.69) is 11.9 Å². The molecular weight excluding hydrogens is 274 g/mol. The summed E-state index contributed by atoms with van der Waals surface area (Å²) in [4.78, 5) is 12.0. The van der Waals surface area contributed by atoms with E-state index in [1.54, 1.807) is 30.3 Å². The number of hydrogen-bond acceptors (Lipinski definition) is 2. The van der Waals surface area contributed by atoms with Gasteiger partial charge >= 0.3 is 0 Å². The monoisotopic (exact) mass is 297 g/mol. The van der Waals surface area contributed by atoms with E-state index in [9.17, 15) is 4.79 Å². The molecule has 0 aliphatic rings. The predicted octanol–water partition coefficient (Wildman–Crippen LogP) is 4.84. The predicted molar refractivity (Wildman–Crippen MR) is 92.6 cm³/mol. The number of hydrogen-bond donors (Lipinski definition) is 1. The van der Waals surface area contributed by atoms with E-state index < -0.39 is 0 Å². The standard InChI is InChI=1S/C16H17NO2.C3H6/c1-3-19-15-10-6-13(7-11-15)16(18)17-14-8-4-12(2)5-9-14;1-3-2/h4-11H,3H2,1-2H3,(H,17,18);3H,1H2,2H3. The molecule has 0 radical (unpaired) electrons. The van der Waals surface area contributed by atoms with Crippen LogP contribution in [0.3, 0.4) is 0 Å². The molecule has 1 N–H and O–H groups in total. The lowest BCUT2D eigenvalue weighted by Gasteiger charge is -2.07. The Morgan fingerprint density at radius 2 is 1.68 bits per heavy atom. The molecule has 0 aliphatic carbocycles. The topological polar surface area (TPSA) is 38.3 Å². The average Bonchev–Trinajstić information content (AvgIpc) is 2.51. The summed E-state index contributed by atoms with van der Waals surface area (Å²) in [7, 11) is 0. The molecule has 2 rings (SSSR count). The normalized spacial score (nSPS) is 9.23. The van der Waals surface area contributed by atoms with Crippen LogP contribution in [0.25, 0.3) is 0 Å². The second-order valence-corrected chi connectivity index (χ2v) is 4.69. The summed E-state index contributed by atoms with van der Waals surface area (Å²) in [6, 6.07) is 14.8. The number of carbonyl (C=O) groups is 1. The van der Waals surface area contributed by atoms with Crippen molar-refractivity contribution >= 4 is 11.6 Å². The van der Waals surface area contributed by atoms with Crippen LogP contribution in [0.15, 0.2) is 61.2 Å². The van der Waals surface area contributed by atoms with Gasteiger partial charge in [-0.3, -0.25) is 4.79 Å². The minimum Gasteiger partial charge on any atom is -0.494 e. The van der Waals surface area contributed by atoms with Gasteiger partial charge in [0, 0.05) is 11.3 Å². The molecule has 0 saturated heterocycles. The van der Waals surface area contributed by atoms with E-state index in [1.807, 2.05) is 45.0 Å². The highest BCUT2D eigenvalue weighted by Gasteiger charge is 2.05. The fraction of sp³-hybridized carbons (Fsp3) is 0.211. The number of benzene rings is 2. The van der Waals surface area contributed by atoms with Crippen molar-refractivity contribution in [2.45, 2.75) is 20.8 Å². The van der Waals surface area contributed by atoms with Crippen LogP contribution in [0.2, 0.25) is 0 Å². The second kappa shape index (κ2) is 9.40. The molecule has 116 valence electrons. The van der Waals surface area contributed by atoms with Crippen molar-refractivity contribution in [3.63, 3.8) is 0 Å². The Morgan fingerprint density at radius 3 is 2.18 bits per heavy atom. The van der Waals surface area contributed by atoms with E-state index in [1.165, 1.54) is 5.56 Å². The van der Waals surface area contributed by atoms with Gasteiger partial charge in [0.15, 0.2) is 0 Å². The van der Waals surface area contributed by atoms with Crippen LogP contribution in [0, 0.1) is 6.92 Å². The largest absolute Gasteiger partial charge is 0.494 e. The first-order valence-electron chi connectivity index (χ1n) is 7.28. The van der Waals surface area contributed by atoms with E-state index >= 15 is 0 Å². The molecule has 2 aromatic carbocycles. The maximum atomic E-state index is 12.0. The number of amides is 1. The molecule has 0 fully saturated rings. The molecule has 1 amide bonds. The molecule has 0 heterocycles. The molecule has 0 aromatic heterocycles. The van der Waals surface area contributed by atoms with E-state index in [-0.39, 0.29) is 5.91 Å². The molecule has 0 unspecified atom stereocenters. The number of nitrogens with one attached hydrogen (secondary N) is 1. The van der Waals surface area contributed by atoms with Crippen LogP contribution in [-0.4, -0.2) is 12.5 Å². The zero-order chi connectivity index (χ0) is 16.4. The fourth-order valence-electron chi connectivity index (χ4n) is 1.71. The second-order valence-electron chi connectivity index (χ2n) is 4.69. The number of anilines is 1. The maximum Gasteiger partial charge on any atom is 0.255 e. The Hall–Kier alpha value is -2.55. The van der Waals surface area contributed by atoms with E-state index in [4.69, 9.17) is 4.74 Å². The molecule has 0 bridgehead atoms. The lowest BCUT2D eigenvalue weighted by atomic mass is 10.2. The third kappa shape index (κ3) is 5.83. The minimum absolute atomic E-state index is 0.119. The number of rotatable bonds is 4. The zero-order valence-corrected chi connectivity index (χ0v) is 13.4. The summed E-state index contributed by atoms with van der Waals surface area (Å²) >= 11 is 0. The van der Waals surface area contributed by atoms with Gasteiger partial charge in [-0.25, -0.2) is 0 Å². The highest BCUT2D eigenvalue weighted by atomic mass is 16.5. The van der Waals surface area contributed by atoms with Crippen LogP contribution in [0.4, 0.5) is 5.69 Å². The number of ether oxygens (including phenoxy) is 1.